The Morgan fingerprint density at radius 2 is 1.12 bits per heavy atom. The fourth-order valence-electron chi connectivity index (χ4n) is 13.7. The van der Waals surface area contributed by atoms with E-state index in [0.29, 0.717) is 5.56 Å². The standard InChI is InChI=1S/C77H84N14O24/c1-37(39-17-7-2-8-18-39)53-65(102)83-46(64(101)88-54(56(95)47-31-81-75(78)85-47)67(104)89-55(66(103)84-48(34-92)63(100)80-33-52(94)87-53)57(96)49-32-82-76(79)91(49)69-60(99)59(98)58(97)51(35-93)110-69)29-38-27-28-45-50(30-38)111-77(86-45)90-68-44(36-109-70(105)40-19-9-3-10-20-40)61(112-71(106)41-21-11-4-12-22-41)62(113-72(107)42-23-13-5-14-24-42)74(114-68)115-73(108)43-25-15-6-16-26-43/h2-28,30,37,44,46-49,51,53-62,68-69,74,92-93,95-99H,29,31-36H2,1H3,(H2,79,82)(H,80,100)(H,83,102)(H,84,103)(H,86,90)(H,87,94)(H,88,101)(H,89,104)(H3,78,81,85)/t37-,44-,46+,47-,48-,49-,51+,53-,54-,55+,56+,57-,58+,59-,60-,61-,62+,68?,69-,74-/m0/s1. The van der Waals surface area contributed by atoms with E-state index < -0.39 is 226 Å². The molecule has 0 saturated carbocycles. The Hall–Kier alpha value is -12.5. The van der Waals surface area contributed by atoms with Crippen LogP contribution in [0.2, 0.25) is 0 Å². The Labute approximate surface area is 653 Å². The molecule has 0 aliphatic carbocycles. The van der Waals surface area contributed by atoms with Crippen LogP contribution in [0.25, 0.3) is 11.1 Å². The molecule has 0 radical (unpaired) electrons. The molecule has 6 amide bonds. The molecule has 6 heterocycles. The van der Waals surface area contributed by atoms with Crippen LogP contribution in [0.4, 0.5) is 6.01 Å². The predicted octanol–water partition coefficient (Wildman–Crippen LogP) is -3.60. The van der Waals surface area contributed by atoms with E-state index in [1.807, 2.05) is 0 Å². The Bertz CT molecular complexity index is 4710. The number of aromatic nitrogens is 1. The zero-order chi connectivity index (χ0) is 81.7. The summed E-state index contributed by atoms with van der Waals surface area (Å²) in [6.45, 7) is -3.04. The van der Waals surface area contributed by atoms with Gasteiger partial charge in [0.25, 0.3) is 6.01 Å². The maximum Gasteiger partial charge on any atom is 0.340 e. The topological polar surface area (TPSA) is 570 Å². The van der Waals surface area contributed by atoms with Crippen LogP contribution in [0.15, 0.2) is 184 Å². The van der Waals surface area contributed by atoms with Crippen LogP contribution in [-0.2, 0) is 63.6 Å². The number of nitrogens with two attached hydrogens (primary N) is 2. The van der Waals surface area contributed by atoms with Crippen molar-refractivity contribution in [1.82, 2.24) is 47.1 Å². The number of nitrogens with one attached hydrogen (secondary N) is 8. The molecule has 606 valence electrons. The highest BCUT2D eigenvalue weighted by molar-refractivity contribution is 5.99. The minimum Gasteiger partial charge on any atom is -0.461 e. The monoisotopic (exact) mass is 1590 g/mol. The van der Waals surface area contributed by atoms with E-state index in [1.165, 1.54) is 66.7 Å². The maximum atomic E-state index is 15.6. The van der Waals surface area contributed by atoms with Gasteiger partial charge in [-0.05, 0) is 71.8 Å². The minimum atomic E-state index is -2.38. The third-order valence-electron chi connectivity index (χ3n) is 19.9. The lowest BCUT2D eigenvalue weighted by Crippen LogP contribution is -2.70. The molecule has 0 spiro atoms. The molecule has 115 heavy (non-hydrogen) atoms. The summed E-state index contributed by atoms with van der Waals surface area (Å²) >= 11 is 0. The number of carbonyl (C=O) groups excluding carboxylic acids is 10. The summed E-state index contributed by atoms with van der Waals surface area (Å²) in [5, 5.41) is 98.6. The van der Waals surface area contributed by atoms with Crippen LogP contribution in [-0.4, -0.2) is 266 Å². The SMILES string of the molecule is C[C@@H](c1ccccc1)[C@@H]1NC(=O)CNC(=O)[C@H](CO)NC(=O)[C@@H]([C@@H](O)[C@@H]2CN=C(N)N2[C@H]2O[C@H](CO)[C@@H](O)[C@H](O)[C@@H]2O)NC(=O)[C@H]([C@H](O)[C@@H]2CN=C(N)N2)NC(=O)[C@@H](Cc2ccc3nc(NC4O[C@@H](OC(=O)c5ccccc5)[C@H](OC(=O)c5ccccc5)[C@@H](OC(=O)c5ccccc5)[C@@H]4COC(=O)c4ccccc4)oc3c2)NC1=O. The molecule has 6 aromatic carbocycles. The van der Waals surface area contributed by atoms with Gasteiger partial charge in [-0.15, -0.1) is 0 Å². The molecule has 1 aromatic heterocycles. The molecular formula is C77H84N14O24. The van der Waals surface area contributed by atoms with E-state index in [2.05, 4.69) is 57.5 Å². The quantitative estimate of drug-likeness (QED) is 0.0230. The van der Waals surface area contributed by atoms with Crippen LogP contribution < -0.4 is 54.0 Å². The summed E-state index contributed by atoms with van der Waals surface area (Å²) < 4.78 is 43.1. The summed E-state index contributed by atoms with van der Waals surface area (Å²) in [7, 11) is 0. The number of ether oxygens (including phenoxy) is 6. The number of hydrogen-bond acceptors (Lipinski definition) is 32. The van der Waals surface area contributed by atoms with Crippen molar-refractivity contribution in [2.45, 2.75) is 129 Å². The minimum absolute atomic E-state index is 0.0225. The number of aliphatic imine (C=N–C) groups is 2. The van der Waals surface area contributed by atoms with Crippen LogP contribution in [0.3, 0.4) is 0 Å². The number of esters is 4. The number of nitrogens with zero attached hydrogens (tertiary/aromatic N) is 4. The molecule has 38 nitrogen and oxygen atoms in total. The van der Waals surface area contributed by atoms with E-state index >= 15 is 14.4 Å². The van der Waals surface area contributed by atoms with Crippen LogP contribution in [0, 0.1) is 5.92 Å². The van der Waals surface area contributed by atoms with E-state index in [1.54, 1.807) is 110 Å². The summed E-state index contributed by atoms with van der Waals surface area (Å²) in [6.07, 6.45) is -21.5. The lowest BCUT2D eigenvalue weighted by Gasteiger charge is -2.46. The van der Waals surface area contributed by atoms with E-state index in [4.69, 9.17) is 44.3 Å². The van der Waals surface area contributed by atoms with Crippen molar-refractivity contribution in [1.29, 1.82) is 0 Å². The number of oxazole rings is 1. The smallest absolute Gasteiger partial charge is 0.340 e. The molecule has 7 aromatic rings. The molecule has 5 aliphatic rings. The zero-order valence-electron chi connectivity index (χ0n) is 61.2. The van der Waals surface area contributed by atoms with E-state index in [-0.39, 0.29) is 57.4 Å². The van der Waals surface area contributed by atoms with E-state index in [0.717, 1.165) is 4.90 Å². The van der Waals surface area contributed by atoms with Gasteiger partial charge in [-0.1, -0.05) is 116 Å². The number of aliphatic hydroxyl groups is 7. The number of guanidine groups is 2. The van der Waals surface area contributed by atoms with Crippen molar-refractivity contribution < 1.29 is 117 Å². The first-order valence-electron chi connectivity index (χ1n) is 36.4. The first-order chi connectivity index (χ1) is 55.4. The first-order valence-corrected chi connectivity index (χ1v) is 36.4. The highest BCUT2D eigenvalue weighted by Crippen LogP contribution is 2.36. The zero-order valence-corrected chi connectivity index (χ0v) is 61.2. The molecule has 5 aliphatic heterocycles. The number of amides is 6. The van der Waals surface area contributed by atoms with Gasteiger partial charge in [0, 0.05) is 12.3 Å². The predicted molar refractivity (Wildman–Crippen MR) is 399 cm³/mol. The van der Waals surface area contributed by atoms with Gasteiger partial charge in [-0.25, -0.2) is 19.2 Å². The third-order valence-corrected chi connectivity index (χ3v) is 19.9. The number of aliphatic hydroxyl groups excluding tert-OH is 7. The number of fused-ring (bicyclic) bond motifs is 1. The molecule has 3 saturated heterocycles. The second-order valence-electron chi connectivity index (χ2n) is 27.6. The highest BCUT2D eigenvalue weighted by atomic mass is 16.7. The van der Waals surface area contributed by atoms with Crippen LogP contribution in [0.1, 0.15) is 65.4 Å². The molecule has 12 rings (SSSR count). The molecule has 3 fully saturated rings. The van der Waals surface area contributed by atoms with Gasteiger partial charge >= 0.3 is 23.9 Å². The number of carbonyl (C=O) groups is 10. The van der Waals surface area contributed by atoms with Crippen molar-refractivity contribution in [3.05, 3.63) is 203 Å². The average molecular weight is 1590 g/mol. The van der Waals surface area contributed by atoms with Gasteiger partial charge in [-0.2, -0.15) is 4.98 Å². The molecular weight excluding hydrogens is 1500 g/mol. The Kier molecular flexibility index (Phi) is 26.3. The van der Waals surface area contributed by atoms with E-state index in [9.17, 15) is 69.3 Å². The Morgan fingerprint density at radius 3 is 1.71 bits per heavy atom. The van der Waals surface area contributed by atoms with Crippen LogP contribution >= 0.6 is 0 Å². The highest BCUT2D eigenvalue weighted by Gasteiger charge is 2.55. The molecule has 19 N–H and O–H groups in total. The second kappa shape index (κ2) is 37.0. The normalized spacial score (nSPS) is 27.8. The third kappa shape index (κ3) is 19.2. The van der Waals surface area contributed by atoms with Gasteiger partial charge in [-0.3, -0.25) is 38.8 Å². The van der Waals surface area contributed by atoms with Crippen molar-refractivity contribution >= 4 is 88.4 Å². The largest absolute Gasteiger partial charge is 0.461 e. The Morgan fingerprint density at radius 1 is 0.574 bits per heavy atom. The molecule has 1 unspecified atom stereocenters. The van der Waals surface area contributed by atoms with Crippen molar-refractivity contribution in [3.63, 3.8) is 0 Å². The number of anilines is 1. The first kappa shape index (κ1) is 81.9. The van der Waals surface area contributed by atoms with Gasteiger partial charge in [0.1, 0.15) is 85.2 Å². The summed E-state index contributed by atoms with van der Waals surface area (Å²) in [4.78, 5) is 160. The van der Waals surface area contributed by atoms with Gasteiger partial charge in [0.05, 0.1) is 73.1 Å². The molecule has 20 atom stereocenters. The summed E-state index contributed by atoms with van der Waals surface area (Å²) in [5.74, 6) is -14.3. The van der Waals surface area contributed by atoms with Gasteiger partial charge in [0.2, 0.25) is 47.8 Å². The summed E-state index contributed by atoms with van der Waals surface area (Å²) in [6, 6.07) is 30.0. The molecule has 38 heteroatoms. The van der Waals surface area contributed by atoms with Gasteiger partial charge in [0.15, 0.2) is 29.8 Å². The van der Waals surface area contributed by atoms with Crippen molar-refractivity contribution in [2.24, 2.45) is 27.4 Å². The van der Waals surface area contributed by atoms with Gasteiger partial charge < -0.3 is 127 Å². The summed E-state index contributed by atoms with van der Waals surface area (Å²) in [5.41, 5.74) is 13.1. The second-order valence-corrected chi connectivity index (χ2v) is 27.6. The fraction of sp³-hybridized carbons (Fsp3) is 0.364. The molecule has 0 bridgehead atoms. The maximum absolute atomic E-state index is 15.6. The lowest BCUT2D eigenvalue weighted by molar-refractivity contribution is -0.264. The number of rotatable bonds is 22. The van der Waals surface area contributed by atoms with Crippen LogP contribution in [0.5, 0.6) is 0 Å². The lowest BCUT2D eigenvalue weighted by atomic mass is 9.92. The fourth-order valence-corrected chi connectivity index (χ4v) is 13.7. The Balaban J connectivity index is 0.909. The van der Waals surface area contributed by atoms with Crippen molar-refractivity contribution in [2.75, 3.05) is 44.8 Å². The number of benzene rings is 6. The number of hydrogen-bond donors (Lipinski definition) is 17. The van der Waals surface area contributed by atoms with Crippen molar-refractivity contribution in [3.8, 4) is 0 Å². The average Bonchev–Trinajstić information content (AvgIpc) is 1.75.